The number of H-pyrrole nitrogens is 1. The predicted molar refractivity (Wildman–Crippen MR) is 129 cm³/mol. The fraction of sp³-hybridized carbons (Fsp3) is 0.231. The Kier molecular flexibility index (Phi) is 6.41. The molecule has 3 N–H and O–H groups in total. The molecule has 5 rings (SSSR count). The molecule has 0 unspecified atom stereocenters. The maximum Gasteiger partial charge on any atom is 0.294 e. The molecular formula is C26H21ClFN3O4. The highest BCUT2D eigenvalue weighted by atomic mass is 35.5. The summed E-state index contributed by atoms with van der Waals surface area (Å²) in [5, 5.41) is 28.7. The number of nitrogens with zero attached hydrogens (tertiary/aromatic N) is 2. The largest absolute Gasteiger partial charge is 0.459 e. The zero-order valence-corrected chi connectivity index (χ0v) is 19.2. The third-order valence-electron chi connectivity index (χ3n) is 6.04. The molecule has 0 radical (unpaired) electrons. The summed E-state index contributed by atoms with van der Waals surface area (Å²) in [5.74, 6) is -0.455. The van der Waals surface area contributed by atoms with Crippen molar-refractivity contribution < 1.29 is 24.1 Å². The summed E-state index contributed by atoms with van der Waals surface area (Å²) >= 11 is 6.55. The van der Waals surface area contributed by atoms with Gasteiger partial charge in [-0.1, -0.05) is 41.9 Å². The van der Waals surface area contributed by atoms with Crippen LogP contribution >= 0.6 is 11.6 Å². The summed E-state index contributed by atoms with van der Waals surface area (Å²) in [7, 11) is 0. The summed E-state index contributed by atoms with van der Waals surface area (Å²) < 4.78 is 25.7. The highest BCUT2D eigenvalue weighted by molar-refractivity contribution is 6.34. The molecule has 1 fully saturated rings. The van der Waals surface area contributed by atoms with Crippen molar-refractivity contribution in [3.63, 3.8) is 0 Å². The van der Waals surface area contributed by atoms with Gasteiger partial charge >= 0.3 is 0 Å². The van der Waals surface area contributed by atoms with E-state index < -0.39 is 24.1 Å². The molecule has 0 aliphatic carbocycles. The maximum absolute atomic E-state index is 14.4. The Morgan fingerprint density at radius 3 is 2.54 bits per heavy atom. The zero-order chi connectivity index (χ0) is 24.5. The standard InChI is InChI=1S/C26H21ClFN3O4/c27-20-10-23-22(30-26(31-23)35-17-8-24(33)25(12-32)34-13-17)9-19(20)16-4-2-15(3-5-16)18-6-1-14(11-29)7-21(18)28/h1-7,9-10,17,24-25,32-33H,8,12-13H2,(H,30,31)/t17-,24+,25-/m1/s1. The van der Waals surface area contributed by atoms with E-state index in [-0.39, 0.29) is 24.8 Å². The van der Waals surface area contributed by atoms with E-state index in [4.69, 9.17) is 26.3 Å². The van der Waals surface area contributed by atoms with Crippen molar-refractivity contribution in [3.05, 3.63) is 71.0 Å². The van der Waals surface area contributed by atoms with Gasteiger partial charge in [-0.25, -0.2) is 4.39 Å². The van der Waals surface area contributed by atoms with Crippen LogP contribution in [0.3, 0.4) is 0 Å². The first-order chi connectivity index (χ1) is 16.9. The molecule has 35 heavy (non-hydrogen) atoms. The Morgan fingerprint density at radius 2 is 1.89 bits per heavy atom. The van der Waals surface area contributed by atoms with Gasteiger partial charge in [0.25, 0.3) is 6.01 Å². The molecule has 2 heterocycles. The molecule has 3 atom stereocenters. The average molecular weight is 494 g/mol. The van der Waals surface area contributed by atoms with Gasteiger partial charge in [-0.15, -0.1) is 0 Å². The van der Waals surface area contributed by atoms with Crippen molar-refractivity contribution in [2.75, 3.05) is 13.2 Å². The number of aliphatic hydroxyl groups is 2. The van der Waals surface area contributed by atoms with Crippen LogP contribution in [0.15, 0.2) is 54.6 Å². The third-order valence-corrected chi connectivity index (χ3v) is 6.35. The number of imidazole rings is 1. The van der Waals surface area contributed by atoms with Crippen molar-refractivity contribution >= 4 is 22.6 Å². The minimum atomic E-state index is -0.815. The second-order valence-electron chi connectivity index (χ2n) is 8.37. The van der Waals surface area contributed by atoms with Crippen LogP contribution < -0.4 is 4.74 Å². The number of hydrogen-bond acceptors (Lipinski definition) is 6. The van der Waals surface area contributed by atoms with E-state index in [2.05, 4.69) is 9.97 Å². The van der Waals surface area contributed by atoms with E-state index in [1.807, 2.05) is 24.3 Å². The van der Waals surface area contributed by atoms with Crippen LogP contribution in [0.4, 0.5) is 4.39 Å². The van der Waals surface area contributed by atoms with E-state index in [1.54, 1.807) is 30.3 Å². The van der Waals surface area contributed by atoms with Crippen molar-refractivity contribution in [1.82, 2.24) is 9.97 Å². The number of halogens is 2. The topological polar surface area (TPSA) is 111 Å². The van der Waals surface area contributed by atoms with Crippen LogP contribution in [0.25, 0.3) is 33.3 Å². The summed E-state index contributed by atoms with van der Waals surface area (Å²) in [5.41, 5.74) is 4.29. The second kappa shape index (κ2) is 9.64. The molecule has 1 aliphatic heterocycles. The summed E-state index contributed by atoms with van der Waals surface area (Å²) in [6.45, 7) is -0.0132. The van der Waals surface area contributed by atoms with Crippen LogP contribution in [0, 0.1) is 17.1 Å². The van der Waals surface area contributed by atoms with E-state index in [0.717, 1.165) is 11.1 Å². The minimum Gasteiger partial charge on any atom is -0.459 e. The zero-order valence-electron chi connectivity index (χ0n) is 18.4. The van der Waals surface area contributed by atoms with Crippen LogP contribution in [0.5, 0.6) is 6.01 Å². The molecule has 9 heteroatoms. The molecule has 1 saturated heterocycles. The molecular weight excluding hydrogens is 473 g/mol. The van der Waals surface area contributed by atoms with Gasteiger partial charge < -0.3 is 24.7 Å². The molecule has 7 nitrogen and oxygen atoms in total. The average Bonchev–Trinajstić information content (AvgIpc) is 3.24. The second-order valence-corrected chi connectivity index (χ2v) is 8.78. The van der Waals surface area contributed by atoms with E-state index in [9.17, 15) is 14.6 Å². The third kappa shape index (κ3) is 4.72. The first kappa shape index (κ1) is 23.3. The molecule has 0 bridgehead atoms. The molecule has 178 valence electrons. The maximum atomic E-state index is 14.4. The number of benzene rings is 3. The number of nitrogens with one attached hydrogen (secondary N) is 1. The van der Waals surface area contributed by atoms with Gasteiger partial charge in [-0.3, -0.25) is 0 Å². The van der Waals surface area contributed by atoms with Crippen LogP contribution in [0.1, 0.15) is 12.0 Å². The number of fused-ring (bicyclic) bond motifs is 1. The van der Waals surface area contributed by atoms with E-state index in [0.29, 0.717) is 33.6 Å². The number of aromatic nitrogens is 2. The number of aliphatic hydroxyl groups excluding tert-OH is 2. The first-order valence-electron chi connectivity index (χ1n) is 11.0. The highest BCUT2D eigenvalue weighted by Gasteiger charge is 2.31. The van der Waals surface area contributed by atoms with Gasteiger partial charge in [-0.2, -0.15) is 10.2 Å². The summed E-state index contributed by atoms with van der Waals surface area (Å²) in [6, 6.07) is 17.5. The van der Waals surface area contributed by atoms with Crippen molar-refractivity contribution in [2.24, 2.45) is 0 Å². The molecule has 4 aromatic rings. The Bertz CT molecular complexity index is 1420. The van der Waals surface area contributed by atoms with Gasteiger partial charge in [0.05, 0.1) is 47.0 Å². The van der Waals surface area contributed by atoms with Crippen LogP contribution in [-0.2, 0) is 4.74 Å². The van der Waals surface area contributed by atoms with Gasteiger partial charge in [-0.05, 0) is 35.4 Å². The monoisotopic (exact) mass is 493 g/mol. The Labute approximate surface area is 205 Å². The number of rotatable bonds is 5. The molecule has 3 aromatic carbocycles. The lowest BCUT2D eigenvalue weighted by molar-refractivity contribution is -0.131. The molecule has 1 aromatic heterocycles. The lowest BCUT2D eigenvalue weighted by atomic mass is 9.99. The fourth-order valence-corrected chi connectivity index (χ4v) is 4.45. The normalized spacial score (nSPS) is 20.0. The van der Waals surface area contributed by atoms with Crippen molar-refractivity contribution in [2.45, 2.75) is 24.7 Å². The van der Waals surface area contributed by atoms with Gasteiger partial charge in [0.15, 0.2) is 0 Å². The smallest absolute Gasteiger partial charge is 0.294 e. The van der Waals surface area contributed by atoms with Gasteiger partial charge in [0.2, 0.25) is 0 Å². The SMILES string of the molecule is N#Cc1ccc(-c2ccc(-c3cc4nc(O[C@H]5CO[C@H](CO)[C@@H](O)C5)[nH]c4cc3Cl)cc2)c(F)c1. The van der Waals surface area contributed by atoms with Crippen molar-refractivity contribution in [1.29, 1.82) is 5.26 Å². The van der Waals surface area contributed by atoms with E-state index >= 15 is 0 Å². The highest BCUT2D eigenvalue weighted by Crippen LogP contribution is 2.34. The lowest BCUT2D eigenvalue weighted by Crippen LogP contribution is -2.45. The number of nitriles is 1. The molecule has 0 spiro atoms. The quantitative estimate of drug-likeness (QED) is 0.379. The van der Waals surface area contributed by atoms with Gasteiger partial charge in [0, 0.05) is 17.5 Å². The fourth-order valence-electron chi connectivity index (χ4n) is 4.18. The van der Waals surface area contributed by atoms with Gasteiger partial charge in [0.1, 0.15) is 18.0 Å². The summed E-state index contributed by atoms with van der Waals surface area (Å²) in [6.07, 6.45) is -1.50. The molecule has 0 saturated carbocycles. The molecule has 1 aliphatic rings. The van der Waals surface area contributed by atoms with Crippen LogP contribution in [-0.4, -0.2) is 51.7 Å². The number of ether oxygens (including phenoxy) is 2. The Balaban J connectivity index is 1.37. The minimum absolute atomic E-state index is 0.234. The Morgan fingerprint density at radius 1 is 1.14 bits per heavy atom. The molecule has 0 amide bonds. The first-order valence-corrected chi connectivity index (χ1v) is 11.4. The lowest BCUT2D eigenvalue weighted by Gasteiger charge is -2.31. The van der Waals surface area contributed by atoms with E-state index in [1.165, 1.54) is 6.07 Å². The van der Waals surface area contributed by atoms with Crippen LogP contribution in [0.2, 0.25) is 5.02 Å². The Hall–Kier alpha value is -3.48. The summed E-state index contributed by atoms with van der Waals surface area (Å²) in [4.78, 5) is 7.57. The predicted octanol–water partition coefficient (Wildman–Crippen LogP) is 4.45. The number of aromatic amines is 1. The van der Waals surface area contributed by atoms with Crippen molar-refractivity contribution in [3.8, 4) is 34.3 Å². The number of hydrogen-bond donors (Lipinski definition) is 3.